The first kappa shape index (κ1) is 14.4. The minimum atomic E-state index is -0.355. The summed E-state index contributed by atoms with van der Waals surface area (Å²) in [6.45, 7) is 0. The lowest BCUT2D eigenvalue weighted by Gasteiger charge is -2.20. The predicted octanol–water partition coefficient (Wildman–Crippen LogP) is 3.72. The molecule has 108 valence electrons. The Kier molecular flexibility index (Phi) is 4.43. The highest BCUT2D eigenvalue weighted by molar-refractivity contribution is 14.1. The summed E-state index contributed by atoms with van der Waals surface area (Å²) < 4.78 is 1.18. The van der Waals surface area contributed by atoms with Gasteiger partial charge in [-0.2, -0.15) is 0 Å². The summed E-state index contributed by atoms with van der Waals surface area (Å²) in [4.78, 5) is 12.5. The summed E-state index contributed by atoms with van der Waals surface area (Å²) in [6.07, 6.45) is 2.19. The standard InChI is InChI=1S/C17H17IN2O/c18-13-6-8-14(9-7-13)19-16(12-4-2-1-3-5-12)17(21)20-15-10-11-15/h1-9,15-16,19H,10-11H2,(H,20,21)/t16-/m1/s1. The molecule has 1 saturated carbocycles. The van der Waals surface area contributed by atoms with Crippen LogP contribution in [0.15, 0.2) is 54.6 Å². The number of carbonyl (C=O) groups excluding carboxylic acids is 1. The highest BCUT2D eigenvalue weighted by atomic mass is 127. The topological polar surface area (TPSA) is 41.1 Å². The maximum absolute atomic E-state index is 12.5. The molecule has 1 atom stereocenters. The van der Waals surface area contributed by atoms with Crippen molar-refractivity contribution in [3.8, 4) is 0 Å². The number of halogens is 1. The maximum atomic E-state index is 12.5. The highest BCUT2D eigenvalue weighted by Gasteiger charge is 2.28. The van der Waals surface area contributed by atoms with Gasteiger partial charge in [0.2, 0.25) is 5.91 Å². The van der Waals surface area contributed by atoms with Gasteiger partial charge in [-0.05, 0) is 65.3 Å². The molecule has 3 rings (SSSR count). The lowest BCUT2D eigenvalue weighted by atomic mass is 10.1. The van der Waals surface area contributed by atoms with Crippen LogP contribution in [0.25, 0.3) is 0 Å². The maximum Gasteiger partial charge on any atom is 0.247 e. The van der Waals surface area contributed by atoms with Crippen molar-refractivity contribution in [1.82, 2.24) is 5.32 Å². The van der Waals surface area contributed by atoms with Gasteiger partial charge >= 0.3 is 0 Å². The van der Waals surface area contributed by atoms with Crippen LogP contribution < -0.4 is 10.6 Å². The fourth-order valence-electron chi connectivity index (χ4n) is 2.17. The molecule has 4 heteroatoms. The zero-order valence-electron chi connectivity index (χ0n) is 11.6. The van der Waals surface area contributed by atoms with E-state index in [1.54, 1.807) is 0 Å². The van der Waals surface area contributed by atoms with E-state index >= 15 is 0 Å². The van der Waals surface area contributed by atoms with Gasteiger partial charge in [-0.15, -0.1) is 0 Å². The molecule has 2 aromatic rings. The monoisotopic (exact) mass is 392 g/mol. The van der Waals surface area contributed by atoms with E-state index in [9.17, 15) is 4.79 Å². The van der Waals surface area contributed by atoms with E-state index in [4.69, 9.17) is 0 Å². The number of carbonyl (C=O) groups is 1. The molecule has 0 saturated heterocycles. The van der Waals surface area contributed by atoms with Crippen molar-refractivity contribution in [2.75, 3.05) is 5.32 Å². The molecule has 3 nitrogen and oxygen atoms in total. The van der Waals surface area contributed by atoms with Crippen LogP contribution >= 0.6 is 22.6 Å². The van der Waals surface area contributed by atoms with E-state index in [0.29, 0.717) is 6.04 Å². The van der Waals surface area contributed by atoms with Gasteiger partial charge in [-0.1, -0.05) is 30.3 Å². The number of benzene rings is 2. The van der Waals surface area contributed by atoms with Crippen LogP contribution in [0.2, 0.25) is 0 Å². The zero-order chi connectivity index (χ0) is 14.7. The van der Waals surface area contributed by atoms with Crippen molar-refractivity contribution in [2.45, 2.75) is 24.9 Å². The normalized spacial score (nSPS) is 15.3. The average Bonchev–Trinajstić information content (AvgIpc) is 3.31. The molecule has 1 fully saturated rings. The van der Waals surface area contributed by atoms with E-state index in [-0.39, 0.29) is 11.9 Å². The van der Waals surface area contributed by atoms with Crippen molar-refractivity contribution >= 4 is 34.2 Å². The van der Waals surface area contributed by atoms with Gasteiger partial charge in [0.1, 0.15) is 6.04 Å². The van der Waals surface area contributed by atoms with Crippen molar-refractivity contribution in [3.05, 3.63) is 63.7 Å². The molecule has 21 heavy (non-hydrogen) atoms. The molecule has 0 bridgehead atoms. The molecule has 0 aliphatic heterocycles. The van der Waals surface area contributed by atoms with Gasteiger partial charge < -0.3 is 10.6 Å². The van der Waals surface area contributed by atoms with Crippen molar-refractivity contribution in [1.29, 1.82) is 0 Å². The predicted molar refractivity (Wildman–Crippen MR) is 93.1 cm³/mol. The molecule has 0 spiro atoms. The highest BCUT2D eigenvalue weighted by Crippen LogP contribution is 2.24. The average molecular weight is 392 g/mol. The lowest BCUT2D eigenvalue weighted by Crippen LogP contribution is -2.34. The first-order valence-corrected chi connectivity index (χ1v) is 8.18. The molecule has 0 aromatic heterocycles. The Morgan fingerprint density at radius 1 is 1.05 bits per heavy atom. The SMILES string of the molecule is O=C(NC1CC1)[C@H](Nc1ccc(I)cc1)c1ccccc1. The molecule has 1 aliphatic carbocycles. The minimum Gasteiger partial charge on any atom is -0.370 e. The van der Waals surface area contributed by atoms with Gasteiger partial charge in [-0.25, -0.2) is 0 Å². The molecule has 1 amide bonds. The molecule has 2 aromatic carbocycles. The molecule has 1 aliphatic rings. The van der Waals surface area contributed by atoms with Gasteiger partial charge in [0.15, 0.2) is 0 Å². The van der Waals surface area contributed by atoms with Gasteiger partial charge in [0, 0.05) is 15.3 Å². The third kappa shape index (κ3) is 3.97. The van der Waals surface area contributed by atoms with Crippen LogP contribution in [0, 0.1) is 3.57 Å². The van der Waals surface area contributed by atoms with Gasteiger partial charge in [-0.3, -0.25) is 4.79 Å². The second kappa shape index (κ2) is 6.47. The van der Waals surface area contributed by atoms with E-state index < -0.39 is 0 Å². The summed E-state index contributed by atoms with van der Waals surface area (Å²) in [7, 11) is 0. The number of hydrogen-bond donors (Lipinski definition) is 2. The Labute approximate surface area is 138 Å². The molecule has 0 unspecified atom stereocenters. The fraction of sp³-hybridized carbons (Fsp3) is 0.235. The smallest absolute Gasteiger partial charge is 0.247 e. The molecule has 2 N–H and O–H groups in total. The first-order valence-electron chi connectivity index (χ1n) is 7.10. The Balaban J connectivity index is 1.80. The van der Waals surface area contributed by atoms with Crippen LogP contribution in [-0.2, 0) is 4.79 Å². The summed E-state index contributed by atoms with van der Waals surface area (Å²) in [5, 5.41) is 6.42. The Hall–Kier alpha value is -1.56. The van der Waals surface area contributed by atoms with Crippen LogP contribution in [0.3, 0.4) is 0 Å². The second-order valence-electron chi connectivity index (χ2n) is 5.28. The lowest BCUT2D eigenvalue weighted by molar-refractivity contribution is -0.122. The Morgan fingerprint density at radius 2 is 1.71 bits per heavy atom. The van der Waals surface area contributed by atoms with E-state index in [1.165, 1.54) is 3.57 Å². The van der Waals surface area contributed by atoms with Crippen LogP contribution in [0.5, 0.6) is 0 Å². The van der Waals surface area contributed by atoms with Crippen LogP contribution in [0.1, 0.15) is 24.4 Å². The third-order valence-corrected chi connectivity index (χ3v) is 4.19. The van der Waals surface area contributed by atoms with Crippen LogP contribution in [-0.4, -0.2) is 11.9 Å². The van der Waals surface area contributed by atoms with Gasteiger partial charge in [0.25, 0.3) is 0 Å². The summed E-state index contributed by atoms with van der Waals surface area (Å²) in [6, 6.07) is 17.9. The molecule has 0 radical (unpaired) electrons. The first-order chi connectivity index (χ1) is 10.2. The molecule has 0 heterocycles. The second-order valence-corrected chi connectivity index (χ2v) is 6.52. The van der Waals surface area contributed by atoms with E-state index in [1.807, 2.05) is 54.6 Å². The minimum absolute atomic E-state index is 0.0437. The third-order valence-electron chi connectivity index (χ3n) is 3.47. The number of anilines is 1. The summed E-state index contributed by atoms with van der Waals surface area (Å²) in [5.74, 6) is 0.0437. The fourth-order valence-corrected chi connectivity index (χ4v) is 2.53. The van der Waals surface area contributed by atoms with Crippen molar-refractivity contribution in [2.24, 2.45) is 0 Å². The summed E-state index contributed by atoms with van der Waals surface area (Å²) in [5.41, 5.74) is 1.93. The zero-order valence-corrected chi connectivity index (χ0v) is 13.7. The number of nitrogens with one attached hydrogen (secondary N) is 2. The number of hydrogen-bond acceptors (Lipinski definition) is 2. The number of amides is 1. The van der Waals surface area contributed by atoms with Gasteiger partial charge in [0.05, 0.1) is 0 Å². The summed E-state index contributed by atoms with van der Waals surface area (Å²) >= 11 is 2.27. The number of rotatable bonds is 5. The quantitative estimate of drug-likeness (QED) is 0.762. The largest absolute Gasteiger partial charge is 0.370 e. The van der Waals surface area contributed by atoms with Crippen molar-refractivity contribution < 1.29 is 4.79 Å². The van der Waals surface area contributed by atoms with Crippen LogP contribution in [0.4, 0.5) is 5.69 Å². The Bertz CT molecular complexity index is 608. The van der Waals surface area contributed by atoms with Crippen molar-refractivity contribution in [3.63, 3.8) is 0 Å². The molecular formula is C17H17IN2O. The van der Waals surface area contributed by atoms with E-state index in [0.717, 1.165) is 24.1 Å². The molecular weight excluding hydrogens is 375 g/mol. The Morgan fingerprint density at radius 3 is 2.33 bits per heavy atom. The van der Waals surface area contributed by atoms with E-state index in [2.05, 4.69) is 33.2 Å².